The van der Waals surface area contributed by atoms with Crippen LogP contribution in [0.2, 0.25) is 0 Å². The zero-order valence-electron chi connectivity index (χ0n) is 22.9. The molecule has 0 fully saturated rings. The number of unbranched alkanes of at least 4 members (excludes halogenated alkanes) is 20. The third-order valence-corrected chi connectivity index (χ3v) is 6.92. The molecule has 0 saturated heterocycles. The molecule has 0 aromatic carbocycles. The molecule has 3 heteroatoms. The summed E-state index contributed by atoms with van der Waals surface area (Å²) in [7, 11) is 0. The lowest BCUT2D eigenvalue weighted by molar-refractivity contribution is -0.0725. The molecule has 2 atom stereocenters. The molecule has 0 aliphatic heterocycles. The van der Waals surface area contributed by atoms with Crippen LogP contribution in [0, 0.1) is 0 Å². The summed E-state index contributed by atoms with van der Waals surface area (Å²) in [5.41, 5.74) is 0. The van der Waals surface area contributed by atoms with E-state index in [1.54, 1.807) is 4.90 Å². The van der Waals surface area contributed by atoms with Crippen LogP contribution >= 0.6 is 0 Å². The summed E-state index contributed by atoms with van der Waals surface area (Å²) in [6, 6.07) is 0. The van der Waals surface area contributed by atoms with E-state index >= 15 is 0 Å². The molecule has 0 amide bonds. The predicted molar refractivity (Wildman–Crippen MR) is 146 cm³/mol. The molecule has 33 heavy (non-hydrogen) atoms. The van der Waals surface area contributed by atoms with Crippen molar-refractivity contribution in [2.45, 2.75) is 181 Å². The van der Waals surface area contributed by atoms with Crippen LogP contribution < -0.4 is 0 Å². The lowest BCUT2D eigenvalue weighted by Crippen LogP contribution is -2.38. The van der Waals surface area contributed by atoms with E-state index < -0.39 is 12.5 Å². The maximum atomic E-state index is 10.0. The van der Waals surface area contributed by atoms with Gasteiger partial charge in [-0.25, -0.2) is 0 Å². The average molecular weight is 468 g/mol. The average Bonchev–Trinajstić information content (AvgIpc) is 2.83. The predicted octanol–water partition coefficient (Wildman–Crippen LogP) is 9.47. The Morgan fingerprint density at radius 2 is 0.788 bits per heavy atom. The van der Waals surface area contributed by atoms with Gasteiger partial charge < -0.3 is 15.1 Å². The van der Waals surface area contributed by atoms with Gasteiger partial charge in [0.25, 0.3) is 0 Å². The summed E-state index contributed by atoms with van der Waals surface area (Å²) >= 11 is 0. The van der Waals surface area contributed by atoms with E-state index in [0.29, 0.717) is 12.8 Å². The fraction of sp³-hybridized carbons (Fsp3) is 0.933. The van der Waals surface area contributed by atoms with Crippen molar-refractivity contribution in [1.29, 1.82) is 0 Å². The van der Waals surface area contributed by atoms with Crippen molar-refractivity contribution in [2.24, 2.45) is 0 Å². The van der Waals surface area contributed by atoms with Crippen molar-refractivity contribution in [1.82, 2.24) is 4.90 Å². The van der Waals surface area contributed by atoms with E-state index in [1.165, 1.54) is 128 Å². The van der Waals surface area contributed by atoms with Crippen molar-refractivity contribution >= 4 is 0 Å². The molecule has 0 aromatic heterocycles. The second-order valence-electron chi connectivity index (χ2n) is 10.1. The first-order valence-electron chi connectivity index (χ1n) is 15.0. The van der Waals surface area contributed by atoms with Gasteiger partial charge in [0.05, 0.1) is 0 Å². The minimum atomic E-state index is -0.592. The van der Waals surface area contributed by atoms with Crippen molar-refractivity contribution in [3.05, 3.63) is 12.3 Å². The zero-order valence-corrected chi connectivity index (χ0v) is 22.9. The zero-order chi connectivity index (χ0) is 24.4. The Labute approximate surface area is 208 Å². The third-order valence-electron chi connectivity index (χ3n) is 6.92. The van der Waals surface area contributed by atoms with Crippen LogP contribution in [0.15, 0.2) is 12.3 Å². The molecular weight excluding hydrogens is 406 g/mol. The highest BCUT2D eigenvalue weighted by Gasteiger charge is 2.16. The Balaban J connectivity index is 3.32. The molecule has 0 saturated carbocycles. The number of nitrogens with zero attached hydrogens (tertiary/aromatic N) is 1. The minimum absolute atomic E-state index is 0.592. The van der Waals surface area contributed by atoms with E-state index in [0.717, 1.165) is 6.42 Å². The normalized spacial score (nSPS) is 13.6. The molecular formula is C30H61NO2. The van der Waals surface area contributed by atoms with Gasteiger partial charge >= 0.3 is 0 Å². The molecule has 2 N–H and O–H groups in total. The molecule has 0 spiro atoms. The summed E-state index contributed by atoms with van der Waals surface area (Å²) in [5.74, 6) is 0. The van der Waals surface area contributed by atoms with Gasteiger partial charge in [-0.05, 0) is 25.7 Å². The smallest absolute Gasteiger partial charge is 0.128 e. The second-order valence-corrected chi connectivity index (χ2v) is 10.1. The SMILES string of the molecule is CCCCCCCCCCCCCCCCCCCCCCC=CN(C(O)CC)C(O)CC. The van der Waals surface area contributed by atoms with Crippen molar-refractivity contribution in [3.8, 4) is 0 Å². The van der Waals surface area contributed by atoms with Crippen LogP contribution in [0.3, 0.4) is 0 Å². The van der Waals surface area contributed by atoms with Gasteiger partial charge in [-0.3, -0.25) is 0 Å². The van der Waals surface area contributed by atoms with E-state index in [1.807, 2.05) is 20.0 Å². The second kappa shape index (κ2) is 26.1. The molecule has 3 nitrogen and oxygen atoms in total. The minimum Gasteiger partial charge on any atom is -0.374 e. The summed E-state index contributed by atoms with van der Waals surface area (Å²) in [5, 5.41) is 20.0. The van der Waals surface area contributed by atoms with Crippen LogP contribution in [0.1, 0.15) is 168 Å². The Kier molecular flexibility index (Phi) is 25.6. The van der Waals surface area contributed by atoms with Crippen molar-refractivity contribution < 1.29 is 10.2 Å². The molecule has 0 aromatic rings. The topological polar surface area (TPSA) is 43.7 Å². The molecule has 0 heterocycles. The number of aliphatic hydroxyl groups is 2. The van der Waals surface area contributed by atoms with Gasteiger partial charge in [0, 0.05) is 6.20 Å². The summed E-state index contributed by atoms with van der Waals surface area (Å²) < 4.78 is 0. The standard InChI is InChI=1S/C30H61NO2/c1-4-7-8-9-10-11-12-13-14-15-16-17-18-19-20-21-22-23-24-25-26-27-28-31(29(32)5-2)30(33)6-3/h27-30,32-33H,4-26H2,1-3H3. The third kappa shape index (κ3) is 21.7. The quantitative estimate of drug-likeness (QED) is 0.0983. The molecule has 0 aliphatic rings. The first kappa shape index (κ1) is 32.5. The Morgan fingerprint density at radius 1 is 0.485 bits per heavy atom. The number of aliphatic hydroxyl groups excluding tert-OH is 2. The Bertz CT molecular complexity index is 389. The largest absolute Gasteiger partial charge is 0.374 e. The monoisotopic (exact) mass is 467 g/mol. The molecule has 0 rings (SSSR count). The molecule has 0 radical (unpaired) electrons. The lowest BCUT2D eigenvalue weighted by Gasteiger charge is -2.30. The van der Waals surface area contributed by atoms with Crippen LogP contribution in [0.25, 0.3) is 0 Å². The van der Waals surface area contributed by atoms with Crippen LogP contribution in [0.5, 0.6) is 0 Å². The highest BCUT2D eigenvalue weighted by molar-refractivity contribution is 4.85. The number of hydrogen-bond acceptors (Lipinski definition) is 3. The first-order chi connectivity index (χ1) is 16.2. The molecule has 198 valence electrons. The van der Waals surface area contributed by atoms with Crippen molar-refractivity contribution in [3.63, 3.8) is 0 Å². The highest BCUT2D eigenvalue weighted by atomic mass is 16.3. The van der Waals surface area contributed by atoms with E-state index in [4.69, 9.17) is 0 Å². The number of hydrogen-bond donors (Lipinski definition) is 2. The highest BCUT2D eigenvalue weighted by Crippen LogP contribution is 2.15. The van der Waals surface area contributed by atoms with E-state index in [2.05, 4.69) is 13.0 Å². The molecule has 0 bridgehead atoms. The fourth-order valence-corrected chi connectivity index (χ4v) is 4.53. The van der Waals surface area contributed by atoms with Crippen LogP contribution in [0.4, 0.5) is 0 Å². The van der Waals surface area contributed by atoms with Gasteiger partial charge in [-0.15, -0.1) is 0 Å². The maximum absolute atomic E-state index is 10.0. The van der Waals surface area contributed by atoms with Gasteiger partial charge in [0.1, 0.15) is 12.5 Å². The number of allylic oxidation sites excluding steroid dienone is 1. The van der Waals surface area contributed by atoms with Gasteiger partial charge in [0.15, 0.2) is 0 Å². The van der Waals surface area contributed by atoms with Gasteiger partial charge in [-0.1, -0.05) is 149 Å². The Morgan fingerprint density at radius 3 is 1.09 bits per heavy atom. The van der Waals surface area contributed by atoms with E-state index in [9.17, 15) is 10.2 Å². The fourth-order valence-electron chi connectivity index (χ4n) is 4.53. The maximum Gasteiger partial charge on any atom is 0.128 e. The van der Waals surface area contributed by atoms with Crippen LogP contribution in [-0.4, -0.2) is 27.6 Å². The Hall–Kier alpha value is -0.540. The van der Waals surface area contributed by atoms with Crippen LogP contribution in [-0.2, 0) is 0 Å². The molecule has 0 aliphatic carbocycles. The van der Waals surface area contributed by atoms with Gasteiger partial charge in [-0.2, -0.15) is 0 Å². The molecule has 2 unspecified atom stereocenters. The number of rotatable bonds is 26. The van der Waals surface area contributed by atoms with Crippen molar-refractivity contribution in [2.75, 3.05) is 0 Å². The summed E-state index contributed by atoms with van der Waals surface area (Å²) in [6.07, 6.45) is 33.3. The lowest BCUT2D eigenvalue weighted by atomic mass is 10.0. The summed E-state index contributed by atoms with van der Waals surface area (Å²) in [4.78, 5) is 1.68. The first-order valence-corrected chi connectivity index (χ1v) is 15.0. The van der Waals surface area contributed by atoms with Gasteiger partial charge in [0.2, 0.25) is 0 Å². The summed E-state index contributed by atoms with van der Waals surface area (Å²) in [6.45, 7) is 6.17. The van der Waals surface area contributed by atoms with E-state index in [-0.39, 0.29) is 0 Å².